The third kappa shape index (κ3) is 2.70. The fraction of sp³-hybridized carbons (Fsp3) is 0.909. The van der Waals surface area contributed by atoms with Crippen LogP contribution in [-0.4, -0.2) is 12.7 Å². The van der Waals surface area contributed by atoms with Gasteiger partial charge in [0, 0.05) is 12.5 Å². The lowest BCUT2D eigenvalue weighted by Gasteiger charge is -2.25. The zero-order chi connectivity index (χ0) is 9.10. The molecule has 2 rings (SSSR count). The zero-order valence-corrected chi connectivity index (χ0v) is 8.04. The van der Waals surface area contributed by atoms with Gasteiger partial charge in [-0.25, -0.2) is 0 Å². The molecule has 2 aliphatic carbocycles. The molecule has 0 bridgehead atoms. The van der Waals surface area contributed by atoms with Crippen LogP contribution in [0.2, 0.25) is 0 Å². The Bertz CT molecular complexity index is 205. The molecular formula is C11H17NO. The molecule has 0 aromatic heterocycles. The van der Waals surface area contributed by atoms with E-state index < -0.39 is 0 Å². The third-order valence-electron chi connectivity index (χ3n) is 3.07. The van der Waals surface area contributed by atoms with Crippen molar-refractivity contribution in [1.82, 2.24) is 0 Å². The Labute approximate surface area is 79.9 Å². The minimum absolute atomic E-state index is 0.262. The third-order valence-corrected chi connectivity index (χ3v) is 3.07. The van der Waals surface area contributed by atoms with Gasteiger partial charge < -0.3 is 4.74 Å². The topological polar surface area (TPSA) is 33.0 Å². The van der Waals surface area contributed by atoms with Crippen LogP contribution in [0.4, 0.5) is 0 Å². The molecule has 0 spiro atoms. The number of hydrogen-bond donors (Lipinski definition) is 0. The van der Waals surface area contributed by atoms with Crippen molar-refractivity contribution in [2.75, 3.05) is 6.61 Å². The smallest absolute Gasteiger partial charge is 0.0656 e. The molecule has 0 amide bonds. The van der Waals surface area contributed by atoms with Gasteiger partial charge in [0.25, 0.3) is 0 Å². The maximum Gasteiger partial charge on any atom is 0.0656 e. The summed E-state index contributed by atoms with van der Waals surface area (Å²) in [6.45, 7) is 0.947. The predicted molar refractivity (Wildman–Crippen MR) is 50.0 cm³/mol. The van der Waals surface area contributed by atoms with Gasteiger partial charge in [0.1, 0.15) is 0 Å². The molecule has 2 nitrogen and oxygen atoms in total. The van der Waals surface area contributed by atoms with Crippen molar-refractivity contribution < 1.29 is 4.74 Å². The Morgan fingerprint density at radius 1 is 1.23 bits per heavy atom. The second kappa shape index (κ2) is 4.11. The van der Waals surface area contributed by atoms with Gasteiger partial charge in [0.05, 0.1) is 12.2 Å². The summed E-state index contributed by atoms with van der Waals surface area (Å²) < 4.78 is 5.79. The van der Waals surface area contributed by atoms with Gasteiger partial charge in [-0.05, 0) is 44.4 Å². The number of nitriles is 1. The first-order chi connectivity index (χ1) is 6.38. The monoisotopic (exact) mass is 179 g/mol. The fourth-order valence-corrected chi connectivity index (χ4v) is 1.97. The maximum atomic E-state index is 8.79. The van der Waals surface area contributed by atoms with Crippen molar-refractivity contribution in [2.45, 2.75) is 44.6 Å². The lowest BCUT2D eigenvalue weighted by atomic mass is 9.88. The molecule has 2 atom stereocenters. The van der Waals surface area contributed by atoms with Crippen LogP contribution in [0.25, 0.3) is 0 Å². The van der Waals surface area contributed by atoms with E-state index in [9.17, 15) is 0 Å². The Morgan fingerprint density at radius 2 is 2.08 bits per heavy atom. The predicted octanol–water partition coefficient (Wildman–Crippen LogP) is 2.50. The highest BCUT2D eigenvalue weighted by atomic mass is 16.5. The second-order valence-electron chi connectivity index (χ2n) is 4.39. The molecule has 2 aliphatic rings. The van der Waals surface area contributed by atoms with Crippen molar-refractivity contribution in [3.63, 3.8) is 0 Å². The molecule has 0 saturated heterocycles. The van der Waals surface area contributed by atoms with Crippen LogP contribution in [-0.2, 0) is 4.74 Å². The minimum atomic E-state index is 0.262. The lowest BCUT2D eigenvalue weighted by molar-refractivity contribution is 0.0142. The average molecular weight is 179 g/mol. The maximum absolute atomic E-state index is 8.79. The first-order valence-electron chi connectivity index (χ1n) is 5.39. The van der Waals surface area contributed by atoms with Crippen molar-refractivity contribution in [3.05, 3.63) is 0 Å². The van der Waals surface area contributed by atoms with Gasteiger partial charge in [0.2, 0.25) is 0 Å². The molecule has 2 saturated carbocycles. The largest absolute Gasteiger partial charge is 0.378 e. The molecule has 2 heteroatoms. The number of hydrogen-bond acceptors (Lipinski definition) is 2. The molecule has 0 radical (unpaired) electrons. The second-order valence-corrected chi connectivity index (χ2v) is 4.39. The van der Waals surface area contributed by atoms with E-state index in [2.05, 4.69) is 6.07 Å². The van der Waals surface area contributed by atoms with E-state index in [0.29, 0.717) is 6.10 Å². The van der Waals surface area contributed by atoms with Gasteiger partial charge in [-0.2, -0.15) is 5.26 Å². The van der Waals surface area contributed by atoms with Crippen LogP contribution in [0.15, 0.2) is 0 Å². The summed E-state index contributed by atoms with van der Waals surface area (Å²) in [5.41, 5.74) is 0. The van der Waals surface area contributed by atoms with Crippen molar-refractivity contribution in [1.29, 1.82) is 5.26 Å². The quantitative estimate of drug-likeness (QED) is 0.666. The normalized spacial score (nSPS) is 34.1. The summed E-state index contributed by atoms with van der Waals surface area (Å²) in [5, 5.41) is 8.79. The van der Waals surface area contributed by atoms with Gasteiger partial charge >= 0.3 is 0 Å². The molecule has 72 valence electrons. The van der Waals surface area contributed by atoms with E-state index in [0.717, 1.165) is 25.4 Å². The van der Waals surface area contributed by atoms with Crippen LogP contribution in [0.3, 0.4) is 0 Å². The molecule has 0 aliphatic heterocycles. The highest BCUT2D eigenvalue weighted by Gasteiger charge is 2.26. The van der Waals surface area contributed by atoms with E-state index in [1.54, 1.807) is 0 Å². The summed E-state index contributed by atoms with van der Waals surface area (Å²) in [5.74, 6) is 1.11. The molecule has 2 fully saturated rings. The molecule has 0 aromatic carbocycles. The zero-order valence-electron chi connectivity index (χ0n) is 8.04. The minimum Gasteiger partial charge on any atom is -0.378 e. The first-order valence-corrected chi connectivity index (χ1v) is 5.39. The van der Waals surface area contributed by atoms with E-state index in [1.807, 2.05) is 0 Å². The van der Waals surface area contributed by atoms with Gasteiger partial charge in [0.15, 0.2) is 0 Å². The number of ether oxygens (including phenoxy) is 1. The number of rotatable bonds is 3. The molecule has 0 aromatic rings. The SMILES string of the molecule is N#C[C@@H]1CCC[C@@H](OCC2CC2)C1. The summed E-state index contributed by atoms with van der Waals surface area (Å²) in [6.07, 6.45) is 7.50. The molecule has 0 N–H and O–H groups in total. The van der Waals surface area contributed by atoms with Crippen LogP contribution in [0, 0.1) is 23.2 Å². The van der Waals surface area contributed by atoms with Crippen LogP contribution < -0.4 is 0 Å². The van der Waals surface area contributed by atoms with E-state index in [4.69, 9.17) is 10.00 Å². The van der Waals surface area contributed by atoms with Crippen LogP contribution in [0.5, 0.6) is 0 Å². The Morgan fingerprint density at radius 3 is 2.77 bits per heavy atom. The van der Waals surface area contributed by atoms with Crippen LogP contribution >= 0.6 is 0 Å². The van der Waals surface area contributed by atoms with Gasteiger partial charge in [-0.15, -0.1) is 0 Å². The Kier molecular flexibility index (Phi) is 2.85. The van der Waals surface area contributed by atoms with E-state index in [1.165, 1.54) is 25.7 Å². The lowest BCUT2D eigenvalue weighted by Crippen LogP contribution is -2.22. The first kappa shape index (κ1) is 9.02. The summed E-state index contributed by atoms with van der Waals surface area (Å²) in [6, 6.07) is 2.36. The van der Waals surface area contributed by atoms with Crippen LogP contribution in [0.1, 0.15) is 38.5 Å². The van der Waals surface area contributed by atoms with Gasteiger partial charge in [-0.3, -0.25) is 0 Å². The highest BCUT2D eigenvalue weighted by Crippen LogP contribution is 2.31. The van der Waals surface area contributed by atoms with E-state index >= 15 is 0 Å². The van der Waals surface area contributed by atoms with E-state index in [-0.39, 0.29) is 5.92 Å². The van der Waals surface area contributed by atoms with Gasteiger partial charge in [-0.1, -0.05) is 0 Å². The molecule has 0 unspecified atom stereocenters. The summed E-state index contributed by atoms with van der Waals surface area (Å²) >= 11 is 0. The van der Waals surface area contributed by atoms with Crippen molar-refractivity contribution in [2.24, 2.45) is 11.8 Å². The molecular weight excluding hydrogens is 162 g/mol. The van der Waals surface area contributed by atoms with Crippen molar-refractivity contribution in [3.8, 4) is 6.07 Å². The fourth-order valence-electron chi connectivity index (χ4n) is 1.97. The molecule has 13 heavy (non-hydrogen) atoms. The molecule has 0 heterocycles. The summed E-state index contributed by atoms with van der Waals surface area (Å²) in [4.78, 5) is 0. The number of nitrogens with zero attached hydrogens (tertiary/aromatic N) is 1. The Hall–Kier alpha value is -0.550. The van der Waals surface area contributed by atoms with Crippen molar-refractivity contribution >= 4 is 0 Å². The average Bonchev–Trinajstić information content (AvgIpc) is 2.99. The highest BCUT2D eigenvalue weighted by molar-refractivity contribution is 4.88. The summed E-state index contributed by atoms with van der Waals surface area (Å²) in [7, 11) is 0. The Balaban J connectivity index is 1.69. The standard InChI is InChI=1S/C11H17NO/c12-7-10-2-1-3-11(6-10)13-8-9-4-5-9/h9-11H,1-6,8H2/t10-,11-/m1/s1.